The van der Waals surface area contributed by atoms with Gasteiger partial charge >= 0.3 is 5.69 Å². The van der Waals surface area contributed by atoms with Crippen LogP contribution in [0.15, 0.2) is 35.1 Å². The molecule has 1 aliphatic heterocycles. The Hall–Kier alpha value is -2.34. The van der Waals surface area contributed by atoms with E-state index in [4.69, 9.17) is 0 Å². The zero-order valence-corrected chi connectivity index (χ0v) is 16.8. The molecule has 1 aliphatic carbocycles. The van der Waals surface area contributed by atoms with Gasteiger partial charge in [0.25, 0.3) is 5.91 Å². The third-order valence-electron chi connectivity index (χ3n) is 5.97. The highest BCUT2D eigenvalue weighted by atomic mass is 16.2. The van der Waals surface area contributed by atoms with Crippen LogP contribution in [0.5, 0.6) is 0 Å². The highest BCUT2D eigenvalue weighted by Gasteiger charge is 2.31. The van der Waals surface area contributed by atoms with Crippen molar-refractivity contribution in [1.82, 2.24) is 19.8 Å². The summed E-state index contributed by atoms with van der Waals surface area (Å²) in [4.78, 5) is 31.2. The van der Waals surface area contributed by atoms with Crippen molar-refractivity contribution in [2.24, 2.45) is 0 Å². The minimum atomic E-state index is -0.162. The van der Waals surface area contributed by atoms with Gasteiger partial charge in [-0.2, -0.15) is 0 Å². The Kier molecular flexibility index (Phi) is 5.40. The van der Waals surface area contributed by atoms with Crippen LogP contribution < -0.4 is 11.0 Å². The molecule has 1 saturated carbocycles. The number of hydrogen-bond donors (Lipinski definition) is 2. The molecule has 6 heteroatoms. The van der Waals surface area contributed by atoms with E-state index in [1.807, 2.05) is 39.8 Å². The Morgan fingerprint density at radius 3 is 2.29 bits per heavy atom. The Balaban J connectivity index is 1.79. The number of hydrogen-bond acceptors (Lipinski definition) is 3. The van der Waals surface area contributed by atoms with Crippen LogP contribution >= 0.6 is 0 Å². The fourth-order valence-electron chi connectivity index (χ4n) is 4.82. The van der Waals surface area contributed by atoms with E-state index in [0.717, 1.165) is 36.9 Å². The van der Waals surface area contributed by atoms with Gasteiger partial charge in [0.1, 0.15) is 5.69 Å². The van der Waals surface area contributed by atoms with E-state index in [1.165, 1.54) is 6.42 Å². The maximum absolute atomic E-state index is 13.4. The highest BCUT2D eigenvalue weighted by molar-refractivity contribution is 5.98. The molecule has 2 N–H and O–H groups in total. The lowest BCUT2D eigenvalue weighted by molar-refractivity contribution is 0.0669. The van der Waals surface area contributed by atoms with E-state index in [-0.39, 0.29) is 29.7 Å². The molecule has 6 nitrogen and oxygen atoms in total. The average molecular weight is 383 g/mol. The van der Waals surface area contributed by atoms with Crippen molar-refractivity contribution >= 4 is 5.91 Å². The SMILES string of the molecule is CC1CN(C(=O)c2[nH]c(=O)n(C3CCCCC3)c2-c2ccccc2)CC(C)N1. The molecule has 0 radical (unpaired) electrons. The number of amides is 1. The first kappa shape index (κ1) is 19.0. The summed E-state index contributed by atoms with van der Waals surface area (Å²) in [5.74, 6) is -0.0780. The number of rotatable bonds is 3. The molecule has 1 amide bonds. The van der Waals surface area contributed by atoms with Crippen molar-refractivity contribution in [3.8, 4) is 11.3 Å². The second-order valence-electron chi connectivity index (χ2n) is 8.36. The molecule has 2 aliphatic rings. The van der Waals surface area contributed by atoms with Crippen LogP contribution in [0.4, 0.5) is 0 Å². The minimum Gasteiger partial charge on any atom is -0.334 e. The molecule has 2 fully saturated rings. The predicted molar refractivity (Wildman–Crippen MR) is 111 cm³/mol. The van der Waals surface area contributed by atoms with E-state index < -0.39 is 0 Å². The van der Waals surface area contributed by atoms with Crippen LogP contribution in [0.1, 0.15) is 62.5 Å². The molecule has 1 aromatic heterocycles. The van der Waals surface area contributed by atoms with Crippen LogP contribution in [0.2, 0.25) is 0 Å². The summed E-state index contributed by atoms with van der Waals surface area (Å²) in [6.07, 6.45) is 5.47. The van der Waals surface area contributed by atoms with Crippen LogP contribution in [-0.4, -0.2) is 45.5 Å². The fraction of sp³-hybridized carbons (Fsp3) is 0.545. The molecular weight excluding hydrogens is 352 g/mol. The summed E-state index contributed by atoms with van der Waals surface area (Å²) in [6, 6.07) is 10.5. The molecular formula is C22H30N4O2. The summed E-state index contributed by atoms with van der Waals surface area (Å²) in [7, 11) is 0. The van der Waals surface area contributed by atoms with Crippen molar-refractivity contribution in [3.05, 3.63) is 46.5 Å². The monoisotopic (exact) mass is 382 g/mol. The summed E-state index contributed by atoms with van der Waals surface area (Å²) < 4.78 is 1.86. The normalized spacial score (nSPS) is 23.7. The summed E-state index contributed by atoms with van der Waals surface area (Å²) in [5.41, 5.74) is 1.95. The van der Waals surface area contributed by atoms with Crippen molar-refractivity contribution in [1.29, 1.82) is 0 Å². The van der Waals surface area contributed by atoms with Gasteiger partial charge in [0, 0.05) is 36.8 Å². The van der Waals surface area contributed by atoms with Gasteiger partial charge in [0.2, 0.25) is 0 Å². The van der Waals surface area contributed by atoms with E-state index in [2.05, 4.69) is 24.1 Å². The number of piperazine rings is 1. The number of imidazole rings is 1. The lowest BCUT2D eigenvalue weighted by atomic mass is 9.94. The Bertz CT molecular complexity index is 870. The van der Waals surface area contributed by atoms with Gasteiger partial charge in [0.15, 0.2) is 0 Å². The average Bonchev–Trinajstić information content (AvgIpc) is 3.05. The van der Waals surface area contributed by atoms with Crippen LogP contribution in [0, 0.1) is 0 Å². The maximum Gasteiger partial charge on any atom is 0.326 e. The molecule has 0 bridgehead atoms. The van der Waals surface area contributed by atoms with Gasteiger partial charge in [-0.1, -0.05) is 49.6 Å². The first-order valence-electron chi connectivity index (χ1n) is 10.5. The third-order valence-corrected chi connectivity index (χ3v) is 5.97. The molecule has 150 valence electrons. The smallest absolute Gasteiger partial charge is 0.326 e. The Morgan fingerprint density at radius 1 is 1.00 bits per heavy atom. The Morgan fingerprint density at radius 2 is 1.64 bits per heavy atom. The van der Waals surface area contributed by atoms with E-state index in [9.17, 15) is 9.59 Å². The summed E-state index contributed by atoms with van der Waals surface area (Å²) in [6.45, 7) is 5.47. The lowest BCUT2D eigenvalue weighted by Gasteiger charge is -2.36. The maximum atomic E-state index is 13.4. The number of carbonyl (C=O) groups excluding carboxylic acids is 1. The van der Waals surface area contributed by atoms with E-state index >= 15 is 0 Å². The van der Waals surface area contributed by atoms with Gasteiger partial charge < -0.3 is 15.2 Å². The van der Waals surface area contributed by atoms with E-state index in [1.54, 1.807) is 0 Å². The van der Waals surface area contributed by atoms with Crippen LogP contribution in [-0.2, 0) is 0 Å². The Labute approximate surface area is 165 Å². The quantitative estimate of drug-likeness (QED) is 0.857. The summed E-state index contributed by atoms with van der Waals surface area (Å²) in [5, 5.41) is 3.46. The second kappa shape index (κ2) is 7.95. The molecule has 2 aromatic rings. The predicted octanol–water partition coefficient (Wildman–Crippen LogP) is 3.17. The van der Waals surface area contributed by atoms with Crippen molar-refractivity contribution in [3.63, 3.8) is 0 Å². The van der Waals surface area contributed by atoms with Gasteiger partial charge in [-0.15, -0.1) is 0 Å². The highest BCUT2D eigenvalue weighted by Crippen LogP contribution is 2.33. The largest absolute Gasteiger partial charge is 0.334 e. The first-order valence-corrected chi connectivity index (χ1v) is 10.5. The van der Waals surface area contributed by atoms with E-state index in [0.29, 0.717) is 18.8 Å². The third kappa shape index (κ3) is 3.65. The second-order valence-corrected chi connectivity index (χ2v) is 8.36. The lowest BCUT2D eigenvalue weighted by Crippen LogP contribution is -2.56. The number of aromatic amines is 1. The number of benzene rings is 1. The first-order chi connectivity index (χ1) is 13.5. The number of H-pyrrole nitrogens is 1. The van der Waals surface area contributed by atoms with Gasteiger partial charge in [0.05, 0.1) is 5.69 Å². The standard InChI is InChI=1S/C22H30N4O2/c1-15-13-25(14-16(2)23-15)21(27)19-20(17-9-5-3-6-10-17)26(22(28)24-19)18-11-7-4-8-12-18/h3,5-6,9-10,15-16,18,23H,4,7-8,11-14H2,1-2H3,(H,24,28). The number of carbonyl (C=O) groups is 1. The molecule has 28 heavy (non-hydrogen) atoms. The van der Waals surface area contributed by atoms with Crippen molar-refractivity contribution < 1.29 is 4.79 Å². The fourth-order valence-corrected chi connectivity index (χ4v) is 4.82. The zero-order chi connectivity index (χ0) is 19.7. The van der Waals surface area contributed by atoms with Crippen molar-refractivity contribution in [2.45, 2.75) is 64.1 Å². The van der Waals surface area contributed by atoms with Gasteiger partial charge in [-0.3, -0.25) is 9.36 Å². The van der Waals surface area contributed by atoms with Gasteiger partial charge in [-0.25, -0.2) is 4.79 Å². The minimum absolute atomic E-state index is 0.0780. The molecule has 4 rings (SSSR count). The molecule has 1 aromatic carbocycles. The molecule has 2 atom stereocenters. The van der Waals surface area contributed by atoms with Gasteiger partial charge in [-0.05, 0) is 26.7 Å². The molecule has 2 unspecified atom stereocenters. The number of nitrogens with zero attached hydrogens (tertiary/aromatic N) is 2. The van der Waals surface area contributed by atoms with Crippen LogP contribution in [0.3, 0.4) is 0 Å². The topological polar surface area (TPSA) is 70.1 Å². The molecule has 1 saturated heterocycles. The summed E-state index contributed by atoms with van der Waals surface area (Å²) >= 11 is 0. The van der Waals surface area contributed by atoms with Crippen molar-refractivity contribution in [2.75, 3.05) is 13.1 Å². The number of aromatic nitrogens is 2. The molecule has 2 heterocycles. The van der Waals surface area contributed by atoms with Crippen LogP contribution in [0.25, 0.3) is 11.3 Å². The zero-order valence-electron chi connectivity index (χ0n) is 16.8. The molecule has 0 spiro atoms. The number of nitrogens with one attached hydrogen (secondary N) is 2.